The number of aliphatic imine (C=N–C) groups is 1. The third-order valence-corrected chi connectivity index (χ3v) is 3.04. The van der Waals surface area contributed by atoms with Gasteiger partial charge in [0.2, 0.25) is 0 Å². The van der Waals surface area contributed by atoms with Crippen LogP contribution < -0.4 is 5.63 Å². The van der Waals surface area contributed by atoms with Crippen molar-refractivity contribution in [1.29, 1.82) is 0 Å². The number of hydrogen-bond acceptors (Lipinski definition) is 3. The van der Waals surface area contributed by atoms with Crippen molar-refractivity contribution in [2.45, 2.75) is 33.2 Å². The quantitative estimate of drug-likeness (QED) is 0.612. The second-order valence-corrected chi connectivity index (χ2v) is 4.46. The molecule has 0 aliphatic rings. The van der Waals surface area contributed by atoms with E-state index in [1.54, 1.807) is 6.07 Å². The van der Waals surface area contributed by atoms with Gasteiger partial charge in [-0.3, -0.25) is 4.99 Å². The van der Waals surface area contributed by atoms with Gasteiger partial charge in [-0.05, 0) is 32.4 Å². The Labute approximate surface area is 106 Å². The van der Waals surface area contributed by atoms with Gasteiger partial charge in [0.1, 0.15) is 5.58 Å². The Bertz CT molecular complexity index is 640. The van der Waals surface area contributed by atoms with Crippen LogP contribution in [0.15, 0.2) is 44.5 Å². The Morgan fingerprint density at radius 2 is 2.11 bits per heavy atom. The molecule has 2 aromatic rings. The van der Waals surface area contributed by atoms with Gasteiger partial charge in [-0.25, -0.2) is 4.79 Å². The molecule has 0 unspecified atom stereocenters. The third-order valence-electron chi connectivity index (χ3n) is 3.04. The molecule has 2 rings (SSSR count). The Morgan fingerprint density at radius 3 is 2.83 bits per heavy atom. The first kappa shape index (κ1) is 12.6. The van der Waals surface area contributed by atoms with Gasteiger partial charge in [0.05, 0.1) is 5.56 Å². The lowest BCUT2D eigenvalue weighted by atomic mass is 10.1. The van der Waals surface area contributed by atoms with Gasteiger partial charge in [-0.15, -0.1) is 0 Å². The lowest BCUT2D eigenvalue weighted by molar-refractivity contribution is 0.559. The van der Waals surface area contributed by atoms with Crippen LogP contribution in [0, 0.1) is 0 Å². The Kier molecular flexibility index (Phi) is 3.60. The summed E-state index contributed by atoms with van der Waals surface area (Å²) in [6.45, 7) is 5.96. The van der Waals surface area contributed by atoms with Crippen molar-refractivity contribution in [3.63, 3.8) is 0 Å². The van der Waals surface area contributed by atoms with E-state index < -0.39 is 0 Å². The maximum atomic E-state index is 11.9. The number of nitrogens with zero attached hydrogens (tertiary/aromatic N) is 1. The summed E-state index contributed by atoms with van der Waals surface area (Å²) >= 11 is 0. The molecular weight excluding hydrogens is 226 g/mol. The Hall–Kier alpha value is -1.90. The van der Waals surface area contributed by atoms with E-state index >= 15 is 0 Å². The first-order chi connectivity index (χ1) is 8.61. The van der Waals surface area contributed by atoms with Crippen LogP contribution in [0.5, 0.6) is 0 Å². The van der Waals surface area contributed by atoms with Crippen LogP contribution in [-0.4, -0.2) is 11.8 Å². The van der Waals surface area contributed by atoms with E-state index in [0.29, 0.717) is 11.1 Å². The predicted molar refractivity (Wildman–Crippen MR) is 74.4 cm³/mol. The summed E-state index contributed by atoms with van der Waals surface area (Å²) in [6, 6.07) is 9.57. The fraction of sp³-hybridized carbons (Fsp3) is 0.333. The van der Waals surface area contributed by atoms with E-state index in [4.69, 9.17) is 4.42 Å². The van der Waals surface area contributed by atoms with Crippen LogP contribution in [0.3, 0.4) is 0 Å². The monoisotopic (exact) mass is 243 g/mol. The van der Waals surface area contributed by atoms with Gasteiger partial charge in [-0.2, -0.15) is 0 Å². The molecule has 0 N–H and O–H groups in total. The molecule has 94 valence electrons. The second-order valence-electron chi connectivity index (χ2n) is 4.46. The third kappa shape index (κ3) is 2.50. The maximum absolute atomic E-state index is 11.9. The molecule has 18 heavy (non-hydrogen) atoms. The number of rotatable bonds is 3. The molecule has 1 aromatic carbocycles. The summed E-state index contributed by atoms with van der Waals surface area (Å²) in [5.41, 5.74) is 1.58. The largest absolute Gasteiger partial charge is 0.422 e. The van der Waals surface area contributed by atoms with Crippen molar-refractivity contribution in [3.8, 4) is 0 Å². The zero-order valence-electron chi connectivity index (χ0n) is 10.9. The Balaban J connectivity index is 2.54. The molecule has 0 aliphatic carbocycles. The molecule has 0 amide bonds. The summed E-state index contributed by atoms with van der Waals surface area (Å²) in [4.78, 5) is 16.4. The van der Waals surface area contributed by atoms with E-state index in [1.807, 2.05) is 38.1 Å². The molecule has 0 aliphatic heterocycles. The minimum atomic E-state index is -0.321. The van der Waals surface area contributed by atoms with Gasteiger partial charge in [0.25, 0.3) is 0 Å². The SMILES string of the molecule is CC[C@H](C)N=C(C)c1cc2ccccc2oc1=O. The van der Waals surface area contributed by atoms with Crippen LogP contribution in [0.1, 0.15) is 32.8 Å². The zero-order valence-corrected chi connectivity index (χ0v) is 10.9. The topological polar surface area (TPSA) is 42.6 Å². The summed E-state index contributed by atoms with van der Waals surface area (Å²) in [5, 5.41) is 0.922. The van der Waals surface area contributed by atoms with E-state index in [0.717, 1.165) is 17.5 Å². The zero-order chi connectivity index (χ0) is 13.1. The molecule has 1 aromatic heterocycles. The van der Waals surface area contributed by atoms with Crippen LogP contribution in [0.2, 0.25) is 0 Å². The molecule has 0 radical (unpaired) electrons. The van der Waals surface area contributed by atoms with Gasteiger partial charge < -0.3 is 4.42 Å². The highest BCUT2D eigenvalue weighted by Gasteiger charge is 2.08. The van der Waals surface area contributed by atoms with Crippen LogP contribution >= 0.6 is 0 Å². The minimum Gasteiger partial charge on any atom is -0.422 e. The van der Waals surface area contributed by atoms with Gasteiger partial charge in [-0.1, -0.05) is 25.1 Å². The Morgan fingerprint density at radius 1 is 1.39 bits per heavy atom. The first-order valence-electron chi connectivity index (χ1n) is 6.19. The number of fused-ring (bicyclic) bond motifs is 1. The van der Waals surface area contributed by atoms with E-state index in [2.05, 4.69) is 11.9 Å². The average Bonchev–Trinajstić information content (AvgIpc) is 2.37. The number of para-hydroxylation sites is 1. The van der Waals surface area contributed by atoms with Crippen molar-refractivity contribution < 1.29 is 4.42 Å². The molecule has 1 heterocycles. The predicted octanol–water partition coefficient (Wildman–Crippen LogP) is 3.40. The summed E-state index contributed by atoms with van der Waals surface area (Å²) in [7, 11) is 0. The summed E-state index contributed by atoms with van der Waals surface area (Å²) in [5.74, 6) is 0. The van der Waals surface area contributed by atoms with E-state index in [-0.39, 0.29) is 11.7 Å². The summed E-state index contributed by atoms with van der Waals surface area (Å²) in [6.07, 6.45) is 0.955. The highest BCUT2D eigenvalue weighted by atomic mass is 16.4. The lowest BCUT2D eigenvalue weighted by Crippen LogP contribution is -2.14. The molecule has 0 saturated heterocycles. The van der Waals surface area contributed by atoms with Gasteiger partial charge >= 0.3 is 5.63 Å². The smallest absolute Gasteiger partial charge is 0.345 e. The standard InChI is InChI=1S/C15H17NO2/c1-4-10(2)16-11(3)13-9-12-7-5-6-8-14(12)18-15(13)17/h5-10H,4H2,1-3H3/t10-/m0/s1. The van der Waals surface area contributed by atoms with Crippen LogP contribution in [0.25, 0.3) is 11.0 Å². The lowest BCUT2D eigenvalue weighted by Gasteiger charge is -2.05. The fourth-order valence-electron chi connectivity index (χ4n) is 1.81. The van der Waals surface area contributed by atoms with Crippen molar-refractivity contribution >= 4 is 16.7 Å². The fourth-order valence-corrected chi connectivity index (χ4v) is 1.81. The number of hydrogen-bond donors (Lipinski definition) is 0. The first-order valence-corrected chi connectivity index (χ1v) is 6.19. The average molecular weight is 243 g/mol. The molecule has 0 bridgehead atoms. The van der Waals surface area contributed by atoms with Gasteiger partial charge in [0, 0.05) is 17.1 Å². The van der Waals surface area contributed by atoms with E-state index in [9.17, 15) is 4.79 Å². The molecule has 1 atom stereocenters. The molecule has 0 saturated carbocycles. The number of benzene rings is 1. The molecule has 0 spiro atoms. The molecule has 3 heteroatoms. The summed E-state index contributed by atoms with van der Waals surface area (Å²) < 4.78 is 5.29. The molecule has 3 nitrogen and oxygen atoms in total. The van der Waals surface area contributed by atoms with Gasteiger partial charge in [0.15, 0.2) is 0 Å². The van der Waals surface area contributed by atoms with Crippen molar-refractivity contribution in [2.75, 3.05) is 0 Å². The highest BCUT2D eigenvalue weighted by molar-refractivity contribution is 6.00. The minimum absolute atomic E-state index is 0.218. The van der Waals surface area contributed by atoms with Crippen LogP contribution in [-0.2, 0) is 0 Å². The van der Waals surface area contributed by atoms with E-state index in [1.165, 1.54) is 0 Å². The van der Waals surface area contributed by atoms with Crippen molar-refractivity contribution in [3.05, 3.63) is 46.3 Å². The molecular formula is C15H17NO2. The molecule has 0 fully saturated rings. The second kappa shape index (κ2) is 5.17. The van der Waals surface area contributed by atoms with Crippen molar-refractivity contribution in [2.24, 2.45) is 4.99 Å². The van der Waals surface area contributed by atoms with Crippen LogP contribution in [0.4, 0.5) is 0 Å². The maximum Gasteiger partial charge on any atom is 0.345 e. The highest BCUT2D eigenvalue weighted by Crippen LogP contribution is 2.13. The normalized spacial score (nSPS) is 13.8. The van der Waals surface area contributed by atoms with Crippen molar-refractivity contribution in [1.82, 2.24) is 0 Å².